The molecule has 0 unspecified atom stereocenters. The second kappa shape index (κ2) is 8.01. The predicted molar refractivity (Wildman–Crippen MR) is 60.4 cm³/mol. The molecule has 2 heteroatoms. The Morgan fingerprint density at radius 2 is 2.14 bits per heavy atom. The van der Waals surface area contributed by atoms with Crippen LogP contribution in [0.15, 0.2) is 11.6 Å². The number of unbranched alkanes of at least 4 members (excludes halogenated alkanes) is 1. The Balaban J connectivity index is 1.90. The first-order valence-corrected chi connectivity index (χ1v) is 5.93. The normalized spacial score (nSPS) is 16.8. The Labute approximate surface area is 87.4 Å². The maximum absolute atomic E-state index is 8.59. The lowest BCUT2D eigenvalue weighted by molar-refractivity contribution is 0.284. The Morgan fingerprint density at radius 3 is 2.86 bits per heavy atom. The molecule has 0 saturated heterocycles. The van der Waals surface area contributed by atoms with Gasteiger partial charge in [0.25, 0.3) is 0 Å². The van der Waals surface area contributed by atoms with E-state index in [9.17, 15) is 0 Å². The van der Waals surface area contributed by atoms with Crippen molar-refractivity contribution in [1.29, 1.82) is 0 Å². The molecule has 1 rings (SSSR count). The topological polar surface area (TPSA) is 32.3 Å². The Bertz CT molecular complexity index is 166. The molecular weight excluding hydrogens is 174 g/mol. The highest BCUT2D eigenvalue weighted by atomic mass is 16.2. The van der Waals surface area contributed by atoms with Crippen molar-refractivity contribution >= 4 is 0 Å². The summed E-state index contributed by atoms with van der Waals surface area (Å²) in [5, 5.41) is 12.0. The Kier molecular flexibility index (Phi) is 6.71. The molecule has 0 fully saturated rings. The van der Waals surface area contributed by atoms with Crippen LogP contribution in [0.4, 0.5) is 0 Å². The fourth-order valence-electron chi connectivity index (χ4n) is 1.87. The van der Waals surface area contributed by atoms with Gasteiger partial charge in [-0.1, -0.05) is 11.6 Å². The van der Waals surface area contributed by atoms with Crippen LogP contribution in [0.3, 0.4) is 0 Å². The standard InChI is InChI=1S/C12H23NO/c14-11-5-4-9-13-10-8-12-6-2-1-3-7-12/h6,13-14H,1-5,7-11H2. The summed E-state index contributed by atoms with van der Waals surface area (Å²) in [6, 6.07) is 0. The molecule has 1 aliphatic carbocycles. The Hall–Kier alpha value is -0.340. The van der Waals surface area contributed by atoms with Gasteiger partial charge in [-0.2, -0.15) is 0 Å². The van der Waals surface area contributed by atoms with E-state index < -0.39 is 0 Å². The van der Waals surface area contributed by atoms with Gasteiger partial charge in [0.05, 0.1) is 0 Å². The number of aliphatic hydroxyl groups excluding tert-OH is 1. The first kappa shape index (κ1) is 11.7. The van der Waals surface area contributed by atoms with Gasteiger partial charge >= 0.3 is 0 Å². The zero-order valence-electron chi connectivity index (χ0n) is 9.10. The smallest absolute Gasteiger partial charge is 0.0431 e. The van der Waals surface area contributed by atoms with E-state index in [2.05, 4.69) is 11.4 Å². The van der Waals surface area contributed by atoms with E-state index in [4.69, 9.17) is 5.11 Å². The summed E-state index contributed by atoms with van der Waals surface area (Å²) in [6.07, 6.45) is 11.0. The molecule has 0 aromatic rings. The molecule has 2 N–H and O–H groups in total. The lowest BCUT2D eigenvalue weighted by atomic mass is 9.97. The number of hydrogen-bond acceptors (Lipinski definition) is 2. The molecule has 0 spiro atoms. The van der Waals surface area contributed by atoms with Crippen LogP contribution < -0.4 is 5.32 Å². The minimum absolute atomic E-state index is 0.326. The van der Waals surface area contributed by atoms with Crippen LogP contribution in [0.2, 0.25) is 0 Å². The highest BCUT2D eigenvalue weighted by Gasteiger charge is 2.02. The van der Waals surface area contributed by atoms with Gasteiger partial charge in [0.2, 0.25) is 0 Å². The number of hydrogen-bond donors (Lipinski definition) is 2. The van der Waals surface area contributed by atoms with Crippen LogP contribution in [0.5, 0.6) is 0 Å². The van der Waals surface area contributed by atoms with E-state index in [1.165, 1.54) is 32.1 Å². The molecule has 0 heterocycles. The van der Waals surface area contributed by atoms with Gasteiger partial charge in [0, 0.05) is 6.61 Å². The minimum Gasteiger partial charge on any atom is -0.396 e. The highest BCUT2D eigenvalue weighted by Crippen LogP contribution is 2.19. The second-order valence-corrected chi connectivity index (χ2v) is 4.04. The fourth-order valence-corrected chi connectivity index (χ4v) is 1.87. The molecule has 0 bridgehead atoms. The first-order valence-electron chi connectivity index (χ1n) is 5.93. The number of rotatable bonds is 7. The lowest BCUT2D eigenvalue weighted by Crippen LogP contribution is -2.17. The maximum Gasteiger partial charge on any atom is 0.0431 e. The van der Waals surface area contributed by atoms with Crippen LogP contribution in [0.25, 0.3) is 0 Å². The van der Waals surface area contributed by atoms with Gasteiger partial charge in [0.1, 0.15) is 0 Å². The van der Waals surface area contributed by atoms with Crippen molar-refractivity contribution < 1.29 is 5.11 Å². The zero-order chi connectivity index (χ0) is 10.1. The summed E-state index contributed by atoms with van der Waals surface area (Å²) in [5.74, 6) is 0. The first-order chi connectivity index (χ1) is 6.93. The van der Waals surface area contributed by atoms with Crippen LogP contribution in [0.1, 0.15) is 44.9 Å². The van der Waals surface area contributed by atoms with Crippen LogP contribution >= 0.6 is 0 Å². The van der Waals surface area contributed by atoms with Crippen molar-refractivity contribution in [3.8, 4) is 0 Å². The van der Waals surface area contributed by atoms with Crippen molar-refractivity contribution in [3.63, 3.8) is 0 Å². The van der Waals surface area contributed by atoms with Crippen molar-refractivity contribution in [1.82, 2.24) is 5.32 Å². The summed E-state index contributed by atoms with van der Waals surface area (Å²) in [6.45, 7) is 2.48. The molecule has 2 nitrogen and oxygen atoms in total. The van der Waals surface area contributed by atoms with Gasteiger partial charge in [-0.3, -0.25) is 0 Å². The molecule has 1 aliphatic rings. The van der Waals surface area contributed by atoms with Crippen molar-refractivity contribution in [2.45, 2.75) is 44.9 Å². The summed E-state index contributed by atoms with van der Waals surface area (Å²) in [7, 11) is 0. The lowest BCUT2D eigenvalue weighted by Gasteiger charge is -2.12. The summed E-state index contributed by atoms with van der Waals surface area (Å²) < 4.78 is 0. The van der Waals surface area contributed by atoms with Gasteiger partial charge in [0.15, 0.2) is 0 Å². The van der Waals surface area contributed by atoms with Gasteiger partial charge in [-0.15, -0.1) is 0 Å². The van der Waals surface area contributed by atoms with E-state index in [-0.39, 0.29) is 0 Å². The van der Waals surface area contributed by atoms with Gasteiger partial charge < -0.3 is 10.4 Å². The summed E-state index contributed by atoms with van der Waals surface area (Å²) in [4.78, 5) is 0. The van der Waals surface area contributed by atoms with E-state index >= 15 is 0 Å². The molecule has 0 aliphatic heterocycles. The zero-order valence-corrected chi connectivity index (χ0v) is 9.10. The van der Waals surface area contributed by atoms with E-state index in [1.54, 1.807) is 5.57 Å². The summed E-state index contributed by atoms with van der Waals surface area (Å²) >= 11 is 0. The summed E-state index contributed by atoms with van der Waals surface area (Å²) in [5.41, 5.74) is 1.64. The largest absolute Gasteiger partial charge is 0.396 e. The van der Waals surface area contributed by atoms with Crippen LogP contribution in [-0.4, -0.2) is 24.8 Å². The molecule has 0 aromatic carbocycles. The van der Waals surface area contributed by atoms with Crippen LogP contribution in [0, 0.1) is 0 Å². The van der Waals surface area contributed by atoms with Crippen LogP contribution in [-0.2, 0) is 0 Å². The molecule has 0 saturated carbocycles. The van der Waals surface area contributed by atoms with Crippen molar-refractivity contribution in [3.05, 3.63) is 11.6 Å². The fraction of sp³-hybridized carbons (Fsp3) is 0.833. The van der Waals surface area contributed by atoms with E-state index in [1.807, 2.05) is 0 Å². The van der Waals surface area contributed by atoms with Gasteiger partial charge in [-0.05, 0) is 58.0 Å². The maximum atomic E-state index is 8.59. The molecule has 0 aromatic heterocycles. The molecule has 14 heavy (non-hydrogen) atoms. The quantitative estimate of drug-likeness (QED) is 0.484. The molecule has 0 radical (unpaired) electrons. The van der Waals surface area contributed by atoms with E-state index in [0.29, 0.717) is 6.61 Å². The molecular formula is C12H23NO. The third kappa shape index (κ3) is 5.40. The number of allylic oxidation sites excluding steroid dienone is 1. The number of nitrogens with one attached hydrogen (secondary N) is 1. The average Bonchev–Trinajstić information content (AvgIpc) is 2.25. The molecule has 0 amide bonds. The highest BCUT2D eigenvalue weighted by molar-refractivity contribution is 5.04. The molecule has 0 atom stereocenters. The van der Waals surface area contributed by atoms with E-state index in [0.717, 1.165) is 25.9 Å². The Morgan fingerprint density at radius 1 is 1.21 bits per heavy atom. The molecule has 82 valence electrons. The minimum atomic E-state index is 0.326. The monoisotopic (exact) mass is 197 g/mol. The average molecular weight is 197 g/mol. The third-order valence-corrected chi connectivity index (χ3v) is 2.77. The van der Waals surface area contributed by atoms with Gasteiger partial charge in [-0.25, -0.2) is 0 Å². The number of aliphatic hydroxyl groups is 1. The third-order valence-electron chi connectivity index (χ3n) is 2.77. The van der Waals surface area contributed by atoms with Crippen molar-refractivity contribution in [2.24, 2.45) is 0 Å². The van der Waals surface area contributed by atoms with Crippen molar-refractivity contribution in [2.75, 3.05) is 19.7 Å². The SMILES string of the molecule is OCCCCNCCC1=CCCCC1. The second-order valence-electron chi connectivity index (χ2n) is 4.04. The predicted octanol–water partition coefficient (Wildman–Crippen LogP) is 2.24.